The zero-order valence-electron chi connectivity index (χ0n) is 11.6. The molecule has 0 bridgehead atoms. The second kappa shape index (κ2) is 6.33. The minimum absolute atomic E-state index is 0.178. The summed E-state index contributed by atoms with van der Waals surface area (Å²) in [6.45, 7) is 4.43. The number of ketones is 1. The van der Waals surface area contributed by atoms with Gasteiger partial charge in [-0.2, -0.15) is 0 Å². The van der Waals surface area contributed by atoms with Crippen LogP contribution in [0, 0.1) is 5.92 Å². The van der Waals surface area contributed by atoms with Crippen molar-refractivity contribution in [1.82, 2.24) is 0 Å². The highest BCUT2D eigenvalue weighted by Crippen LogP contribution is 2.12. The Labute approximate surface area is 115 Å². The molecule has 0 aromatic heterocycles. The Hall–Kier alpha value is -1.89. The molecule has 0 radical (unpaired) electrons. The molecule has 0 fully saturated rings. The second-order valence-electron chi connectivity index (χ2n) is 5.38. The maximum Gasteiger partial charge on any atom is 0.167 e. The SMILES string of the molecule is CC(C)Cc1ccc(CC(=O)c2ccccc2)cc1. The molecular weight excluding hydrogens is 232 g/mol. The third kappa shape index (κ3) is 4.06. The fraction of sp³-hybridized carbons (Fsp3) is 0.278. The van der Waals surface area contributed by atoms with Crippen molar-refractivity contribution in [3.63, 3.8) is 0 Å². The number of carbonyl (C=O) groups is 1. The van der Waals surface area contributed by atoms with E-state index >= 15 is 0 Å². The first-order valence-electron chi connectivity index (χ1n) is 6.81. The molecule has 1 heteroatoms. The molecule has 0 saturated heterocycles. The summed E-state index contributed by atoms with van der Waals surface area (Å²) in [6, 6.07) is 17.9. The first kappa shape index (κ1) is 13.5. The second-order valence-corrected chi connectivity index (χ2v) is 5.38. The molecule has 0 heterocycles. The van der Waals surface area contributed by atoms with Crippen molar-refractivity contribution in [2.45, 2.75) is 26.7 Å². The highest BCUT2D eigenvalue weighted by molar-refractivity contribution is 5.97. The Morgan fingerprint density at radius 3 is 2.05 bits per heavy atom. The number of hydrogen-bond acceptors (Lipinski definition) is 1. The Kier molecular flexibility index (Phi) is 4.51. The fourth-order valence-electron chi connectivity index (χ4n) is 2.18. The molecule has 0 aliphatic heterocycles. The average Bonchev–Trinajstić information content (AvgIpc) is 2.41. The van der Waals surface area contributed by atoms with Gasteiger partial charge in [0.1, 0.15) is 0 Å². The van der Waals surface area contributed by atoms with Crippen LogP contribution < -0.4 is 0 Å². The van der Waals surface area contributed by atoms with E-state index in [1.54, 1.807) is 0 Å². The van der Waals surface area contributed by atoms with E-state index in [2.05, 4.69) is 38.1 Å². The first-order chi connectivity index (χ1) is 9.15. The van der Waals surface area contributed by atoms with E-state index in [0.717, 1.165) is 17.5 Å². The molecular formula is C18H20O. The molecule has 2 aromatic carbocycles. The van der Waals surface area contributed by atoms with Crippen LogP contribution in [0.25, 0.3) is 0 Å². The van der Waals surface area contributed by atoms with Gasteiger partial charge in [0.05, 0.1) is 0 Å². The number of carbonyl (C=O) groups excluding carboxylic acids is 1. The topological polar surface area (TPSA) is 17.1 Å². The van der Waals surface area contributed by atoms with Crippen molar-refractivity contribution in [3.05, 3.63) is 71.3 Å². The fourth-order valence-corrected chi connectivity index (χ4v) is 2.18. The average molecular weight is 252 g/mol. The smallest absolute Gasteiger partial charge is 0.167 e. The summed E-state index contributed by atoms with van der Waals surface area (Å²) < 4.78 is 0. The molecule has 0 aliphatic carbocycles. The van der Waals surface area contributed by atoms with Crippen LogP contribution in [-0.2, 0) is 12.8 Å². The predicted octanol–water partition coefficient (Wildman–Crippen LogP) is 4.31. The van der Waals surface area contributed by atoms with Gasteiger partial charge in [-0.3, -0.25) is 4.79 Å². The third-order valence-corrected chi connectivity index (χ3v) is 3.13. The largest absolute Gasteiger partial charge is 0.294 e. The van der Waals surface area contributed by atoms with Gasteiger partial charge >= 0.3 is 0 Å². The number of benzene rings is 2. The molecule has 98 valence electrons. The molecule has 0 spiro atoms. The van der Waals surface area contributed by atoms with Crippen LogP contribution in [-0.4, -0.2) is 5.78 Å². The lowest BCUT2D eigenvalue weighted by molar-refractivity contribution is 0.0993. The van der Waals surface area contributed by atoms with Gasteiger partial charge in [0.2, 0.25) is 0 Å². The van der Waals surface area contributed by atoms with Crippen LogP contribution in [0.15, 0.2) is 54.6 Å². The highest BCUT2D eigenvalue weighted by Gasteiger charge is 2.06. The van der Waals surface area contributed by atoms with E-state index in [-0.39, 0.29) is 5.78 Å². The normalized spacial score (nSPS) is 10.7. The molecule has 0 aliphatic rings. The summed E-state index contributed by atoms with van der Waals surface area (Å²) in [7, 11) is 0. The zero-order valence-corrected chi connectivity index (χ0v) is 11.6. The third-order valence-electron chi connectivity index (χ3n) is 3.13. The van der Waals surface area contributed by atoms with Gasteiger partial charge in [0, 0.05) is 12.0 Å². The van der Waals surface area contributed by atoms with Crippen molar-refractivity contribution in [2.75, 3.05) is 0 Å². The highest BCUT2D eigenvalue weighted by atomic mass is 16.1. The number of Topliss-reactive ketones (excluding diaryl/α,β-unsaturated/α-hetero) is 1. The summed E-state index contributed by atoms with van der Waals surface area (Å²) in [5, 5.41) is 0. The van der Waals surface area contributed by atoms with Crippen molar-refractivity contribution in [3.8, 4) is 0 Å². The lowest BCUT2D eigenvalue weighted by Crippen LogP contribution is -2.03. The van der Waals surface area contributed by atoms with E-state index in [9.17, 15) is 4.79 Å². The standard InChI is InChI=1S/C18H20O/c1-14(2)12-15-8-10-16(11-9-15)13-18(19)17-6-4-3-5-7-17/h3-11,14H,12-13H2,1-2H3. The molecule has 2 rings (SSSR count). The quantitative estimate of drug-likeness (QED) is 0.725. The minimum atomic E-state index is 0.178. The van der Waals surface area contributed by atoms with E-state index < -0.39 is 0 Å². The summed E-state index contributed by atoms with van der Waals surface area (Å²) in [4.78, 5) is 12.1. The minimum Gasteiger partial charge on any atom is -0.294 e. The van der Waals surface area contributed by atoms with Gasteiger partial charge in [-0.05, 0) is 23.5 Å². The van der Waals surface area contributed by atoms with Crippen molar-refractivity contribution >= 4 is 5.78 Å². The molecule has 0 N–H and O–H groups in total. The van der Waals surface area contributed by atoms with Crippen LogP contribution >= 0.6 is 0 Å². The zero-order chi connectivity index (χ0) is 13.7. The first-order valence-corrected chi connectivity index (χ1v) is 6.81. The van der Waals surface area contributed by atoms with Gasteiger partial charge in [0.25, 0.3) is 0 Å². The molecule has 0 atom stereocenters. The lowest BCUT2D eigenvalue weighted by Gasteiger charge is -2.06. The predicted molar refractivity (Wildman–Crippen MR) is 79.5 cm³/mol. The van der Waals surface area contributed by atoms with Crippen LogP contribution in [0.2, 0.25) is 0 Å². The Morgan fingerprint density at radius 1 is 0.895 bits per heavy atom. The summed E-state index contributed by atoms with van der Waals surface area (Å²) in [5.74, 6) is 0.842. The molecule has 1 nitrogen and oxygen atoms in total. The maximum absolute atomic E-state index is 12.1. The van der Waals surface area contributed by atoms with Gasteiger partial charge < -0.3 is 0 Å². The van der Waals surface area contributed by atoms with Crippen LogP contribution in [0.5, 0.6) is 0 Å². The maximum atomic E-state index is 12.1. The molecule has 0 amide bonds. The van der Waals surface area contributed by atoms with Crippen molar-refractivity contribution in [1.29, 1.82) is 0 Å². The van der Waals surface area contributed by atoms with Crippen LogP contribution in [0.1, 0.15) is 35.3 Å². The van der Waals surface area contributed by atoms with E-state index in [1.165, 1.54) is 5.56 Å². The molecule has 0 saturated carbocycles. The number of rotatable bonds is 5. The van der Waals surface area contributed by atoms with Gasteiger partial charge in [-0.1, -0.05) is 68.4 Å². The Balaban J connectivity index is 2.02. The Bertz CT molecular complexity index is 523. The van der Waals surface area contributed by atoms with Crippen LogP contribution in [0.4, 0.5) is 0 Å². The molecule has 0 unspecified atom stereocenters. The van der Waals surface area contributed by atoms with Crippen LogP contribution in [0.3, 0.4) is 0 Å². The van der Waals surface area contributed by atoms with Gasteiger partial charge in [-0.25, -0.2) is 0 Å². The van der Waals surface area contributed by atoms with Gasteiger partial charge in [-0.15, -0.1) is 0 Å². The van der Waals surface area contributed by atoms with E-state index in [4.69, 9.17) is 0 Å². The molecule has 2 aromatic rings. The van der Waals surface area contributed by atoms with E-state index in [1.807, 2.05) is 30.3 Å². The van der Waals surface area contributed by atoms with E-state index in [0.29, 0.717) is 12.3 Å². The summed E-state index contributed by atoms with van der Waals surface area (Å²) >= 11 is 0. The summed E-state index contributed by atoms with van der Waals surface area (Å²) in [6.07, 6.45) is 1.57. The Morgan fingerprint density at radius 2 is 1.47 bits per heavy atom. The van der Waals surface area contributed by atoms with Crippen molar-refractivity contribution in [2.24, 2.45) is 5.92 Å². The molecule has 19 heavy (non-hydrogen) atoms. The number of hydrogen-bond donors (Lipinski definition) is 0. The van der Waals surface area contributed by atoms with Gasteiger partial charge in [0.15, 0.2) is 5.78 Å². The lowest BCUT2D eigenvalue weighted by atomic mass is 9.99. The summed E-state index contributed by atoms with van der Waals surface area (Å²) in [5.41, 5.74) is 3.21. The monoisotopic (exact) mass is 252 g/mol. The van der Waals surface area contributed by atoms with Crippen molar-refractivity contribution < 1.29 is 4.79 Å².